The lowest BCUT2D eigenvalue weighted by atomic mass is 9.87. The Labute approximate surface area is 139 Å². The summed E-state index contributed by atoms with van der Waals surface area (Å²) in [5.74, 6) is 1.02. The molecule has 0 aliphatic carbocycles. The molecule has 1 rings (SSSR count). The molecule has 0 radical (unpaired) electrons. The van der Waals surface area contributed by atoms with Crippen LogP contribution in [-0.4, -0.2) is 23.9 Å². The maximum Gasteiger partial charge on any atom is 0.123 e. The predicted octanol–water partition coefficient (Wildman–Crippen LogP) is 4.34. The van der Waals surface area contributed by atoms with Gasteiger partial charge in [0.2, 0.25) is 0 Å². The van der Waals surface area contributed by atoms with Crippen molar-refractivity contribution in [3.05, 3.63) is 27.8 Å². The molecule has 126 valence electrons. The Morgan fingerprint density at radius 1 is 1.32 bits per heavy atom. The Bertz CT molecular complexity index is 490. The molecule has 1 aromatic carbocycles. The average Bonchev–Trinajstić information content (AvgIpc) is 2.49. The molecule has 0 heterocycles. The highest BCUT2D eigenvalue weighted by Crippen LogP contribution is 2.38. The van der Waals surface area contributed by atoms with Crippen LogP contribution in [0.1, 0.15) is 62.6 Å². The number of rotatable bonds is 8. The van der Waals surface area contributed by atoms with Crippen LogP contribution in [0.3, 0.4) is 0 Å². The molecule has 0 saturated carbocycles. The Morgan fingerprint density at radius 3 is 2.50 bits per heavy atom. The number of benzene rings is 1. The van der Waals surface area contributed by atoms with Crippen molar-refractivity contribution in [2.75, 3.05) is 6.61 Å². The fourth-order valence-electron chi connectivity index (χ4n) is 2.81. The highest BCUT2D eigenvalue weighted by atomic mass is 35.5. The van der Waals surface area contributed by atoms with Crippen molar-refractivity contribution in [1.82, 2.24) is 0 Å². The Kier molecular flexibility index (Phi) is 7.67. The first-order valence-corrected chi connectivity index (χ1v) is 8.57. The van der Waals surface area contributed by atoms with Crippen molar-refractivity contribution in [2.24, 2.45) is 5.73 Å². The van der Waals surface area contributed by atoms with Gasteiger partial charge < -0.3 is 15.6 Å². The first-order chi connectivity index (χ1) is 10.3. The Hall–Kier alpha value is -0.770. The monoisotopic (exact) mass is 327 g/mol. The van der Waals surface area contributed by atoms with Gasteiger partial charge in [0, 0.05) is 16.6 Å². The van der Waals surface area contributed by atoms with Gasteiger partial charge in [-0.15, -0.1) is 0 Å². The van der Waals surface area contributed by atoms with Crippen molar-refractivity contribution >= 4 is 11.6 Å². The summed E-state index contributed by atoms with van der Waals surface area (Å²) >= 11 is 6.42. The molecule has 0 bridgehead atoms. The van der Waals surface area contributed by atoms with Gasteiger partial charge in [0.25, 0.3) is 0 Å². The maximum atomic E-state index is 10.2. The first kappa shape index (κ1) is 19.3. The number of aliphatic hydroxyl groups excluding tert-OH is 1. The van der Waals surface area contributed by atoms with E-state index in [2.05, 4.69) is 13.8 Å². The molecule has 0 spiro atoms. The first-order valence-electron chi connectivity index (χ1n) is 8.19. The van der Waals surface area contributed by atoms with E-state index < -0.39 is 6.10 Å². The molecule has 4 heteroatoms. The molecule has 3 unspecified atom stereocenters. The van der Waals surface area contributed by atoms with Gasteiger partial charge in [-0.25, -0.2) is 0 Å². The van der Waals surface area contributed by atoms with Crippen LogP contribution in [0.4, 0.5) is 0 Å². The molecule has 1 aromatic rings. The predicted molar refractivity (Wildman–Crippen MR) is 94.0 cm³/mol. The second-order valence-corrected chi connectivity index (χ2v) is 6.55. The largest absolute Gasteiger partial charge is 0.493 e. The van der Waals surface area contributed by atoms with E-state index >= 15 is 0 Å². The van der Waals surface area contributed by atoms with E-state index in [0.29, 0.717) is 13.0 Å². The lowest BCUT2D eigenvalue weighted by molar-refractivity contribution is 0.126. The number of aryl methyl sites for hydroxylation is 1. The Balaban J connectivity index is 3.11. The van der Waals surface area contributed by atoms with Crippen LogP contribution in [0.2, 0.25) is 5.02 Å². The zero-order valence-electron chi connectivity index (χ0n) is 14.4. The molecule has 0 saturated heterocycles. The van der Waals surface area contributed by atoms with Gasteiger partial charge >= 0.3 is 0 Å². The number of hydrogen-bond donors (Lipinski definition) is 2. The SMILES string of the molecule is CCCOc1cc(C)c(Cl)c(C)c1C(C)CC(O)C(N)CC. The second kappa shape index (κ2) is 8.76. The molecular weight excluding hydrogens is 298 g/mol. The molecule has 22 heavy (non-hydrogen) atoms. The molecule has 0 aliphatic rings. The van der Waals surface area contributed by atoms with E-state index in [0.717, 1.165) is 40.3 Å². The van der Waals surface area contributed by atoms with Crippen molar-refractivity contribution in [2.45, 2.75) is 71.9 Å². The number of hydrogen-bond acceptors (Lipinski definition) is 3. The number of nitrogens with two attached hydrogens (primary N) is 1. The summed E-state index contributed by atoms with van der Waals surface area (Å²) in [6.45, 7) is 10.9. The highest BCUT2D eigenvalue weighted by molar-refractivity contribution is 6.32. The minimum absolute atomic E-state index is 0.137. The summed E-state index contributed by atoms with van der Waals surface area (Å²) in [5.41, 5.74) is 9.09. The van der Waals surface area contributed by atoms with E-state index in [9.17, 15) is 5.11 Å². The standard InChI is InChI=1S/C18H30ClNO2/c1-6-8-22-16-10-12(4)18(19)13(5)17(16)11(3)9-15(21)14(20)7-2/h10-11,14-15,21H,6-9,20H2,1-5H3. The van der Waals surface area contributed by atoms with Gasteiger partial charge in [0.1, 0.15) is 5.75 Å². The number of halogens is 1. The zero-order valence-corrected chi connectivity index (χ0v) is 15.2. The van der Waals surface area contributed by atoms with E-state index in [4.69, 9.17) is 22.1 Å². The molecule has 0 fully saturated rings. The second-order valence-electron chi connectivity index (χ2n) is 6.17. The minimum atomic E-state index is -0.515. The summed E-state index contributed by atoms with van der Waals surface area (Å²) in [6.07, 6.45) is 1.81. The summed E-state index contributed by atoms with van der Waals surface area (Å²) < 4.78 is 5.92. The minimum Gasteiger partial charge on any atom is -0.493 e. The van der Waals surface area contributed by atoms with E-state index in [-0.39, 0.29) is 12.0 Å². The summed E-state index contributed by atoms with van der Waals surface area (Å²) in [6, 6.07) is 1.81. The highest BCUT2D eigenvalue weighted by Gasteiger charge is 2.23. The maximum absolute atomic E-state index is 10.2. The number of aliphatic hydroxyl groups is 1. The van der Waals surface area contributed by atoms with Crippen molar-refractivity contribution < 1.29 is 9.84 Å². The van der Waals surface area contributed by atoms with Crippen LogP contribution in [-0.2, 0) is 0 Å². The van der Waals surface area contributed by atoms with Gasteiger partial charge in [0.15, 0.2) is 0 Å². The summed E-state index contributed by atoms with van der Waals surface area (Å²) in [4.78, 5) is 0. The van der Waals surface area contributed by atoms with Crippen LogP contribution in [0.25, 0.3) is 0 Å². The molecule has 3 nitrogen and oxygen atoms in total. The third-order valence-electron chi connectivity index (χ3n) is 4.21. The van der Waals surface area contributed by atoms with E-state index in [1.165, 1.54) is 0 Å². The summed E-state index contributed by atoms with van der Waals surface area (Å²) in [5, 5.41) is 11.0. The average molecular weight is 328 g/mol. The number of ether oxygens (including phenoxy) is 1. The summed E-state index contributed by atoms with van der Waals surface area (Å²) in [7, 11) is 0. The molecule has 3 N–H and O–H groups in total. The molecular formula is C18H30ClNO2. The Morgan fingerprint density at radius 2 is 1.95 bits per heavy atom. The van der Waals surface area contributed by atoms with Gasteiger partial charge in [-0.1, -0.05) is 32.4 Å². The topological polar surface area (TPSA) is 55.5 Å². The quantitative estimate of drug-likeness (QED) is 0.746. The van der Waals surface area contributed by atoms with Gasteiger partial charge in [-0.3, -0.25) is 0 Å². The van der Waals surface area contributed by atoms with E-state index in [1.807, 2.05) is 26.8 Å². The van der Waals surface area contributed by atoms with Gasteiger partial charge in [-0.2, -0.15) is 0 Å². The van der Waals surface area contributed by atoms with Crippen molar-refractivity contribution in [3.63, 3.8) is 0 Å². The van der Waals surface area contributed by atoms with Crippen LogP contribution < -0.4 is 10.5 Å². The molecule has 0 aliphatic heterocycles. The van der Waals surface area contributed by atoms with Crippen LogP contribution in [0, 0.1) is 13.8 Å². The van der Waals surface area contributed by atoms with Crippen molar-refractivity contribution in [3.8, 4) is 5.75 Å². The van der Waals surface area contributed by atoms with Gasteiger partial charge in [0.05, 0.1) is 12.7 Å². The van der Waals surface area contributed by atoms with Crippen LogP contribution in [0.5, 0.6) is 5.75 Å². The van der Waals surface area contributed by atoms with E-state index in [1.54, 1.807) is 0 Å². The van der Waals surface area contributed by atoms with Crippen LogP contribution in [0.15, 0.2) is 6.07 Å². The lowest BCUT2D eigenvalue weighted by Gasteiger charge is -2.25. The third kappa shape index (κ3) is 4.61. The smallest absolute Gasteiger partial charge is 0.123 e. The molecule has 0 aromatic heterocycles. The van der Waals surface area contributed by atoms with Gasteiger partial charge in [-0.05, 0) is 56.2 Å². The molecule has 3 atom stereocenters. The fraction of sp³-hybridized carbons (Fsp3) is 0.667. The third-order valence-corrected chi connectivity index (χ3v) is 4.79. The lowest BCUT2D eigenvalue weighted by Crippen LogP contribution is -2.34. The van der Waals surface area contributed by atoms with Crippen molar-refractivity contribution in [1.29, 1.82) is 0 Å². The molecule has 0 amide bonds. The zero-order chi connectivity index (χ0) is 16.9. The normalized spacial score (nSPS) is 15.5. The van der Waals surface area contributed by atoms with Crippen LogP contribution >= 0.6 is 11.6 Å². The fourth-order valence-corrected chi connectivity index (χ4v) is 2.96.